The van der Waals surface area contributed by atoms with Crippen LogP contribution in [0.25, 0.3) is 0 Å². The summed E-state index contributed by atoms with van der Waals surface area (Å²) in [6.07, 6.45) is -0.390. The molecule has 2 aromatic carbocycles. The fraction of sp³-hybridized carbons (Fsp3) is 0.278. The number of nitrogens with one attached hydrogen (secondary N) is 5. The maximum Gasteiger partial charge on any atom is 0.242 e. The number of rotatable bonds is 6. The van der Waals surface area contributed by atoms with Crippen molar-refractivity contribution in [2.24, 2.45) is 0 Å². The number of anilines is 1. The third kappa shape index (κ3) is 4.29. The van der Waals surface area contributed by atoms with Gasteiger partial charge in [0, 0.05) is 6.54 Å². The zero-order valence-corrected chi connectivity index (χ0v) is 14.6. The number of aryl methyl sites for hydroxylation is 1. The second kappa shape index (κ2) is 8.13. The molecule has 1 fully saturated rings. The standard InChI is InChI=1S/C18H22FN5O2/c1-11-3-8-15(26-2)14(9-11)21-17-16(22-24-23-17)18(25)20-10-12-4-6-13(19)7-5-12/h3-9,16-17,21-24H,10H2,1-2H3,(H,20,25). The Morgan fingerprint density at radius 3 is 2.69 bits per heavy atom. The Morgan fingerprint density at radius 1 is 1.19 bits per heavy atom. The van der Waals surface area contributed by atoms with Gasteiger partial charge in [0.1, 0.15) is 23.8 Å². The zero-order valence-electron chi connectivity index (χ0n) is 14.6. The van der Waals surface area contributed by atoms with Gasteiger partial charge in [-0.1, -0.05) is 18.2 Å². The Kier molecular flexibility index (Phi) is 5.67. The van der Waals surface area contributed by atoms with Crippen LogP contribution in [0.3, 0.4) is 0 Å². The number of carbonyl (C=O) groups excluding carboxylic acids is 1. The lowest BCUT2D eigenvalue weighted by atomic mass is 10.1. The van der Waals surface area contributed by atoms with Gasteiger partial charge < -0.3 is 15.4 Å². The topological polar surface area (TPSA) is 86.5 Å². The molecule has 1 aliphatic heterocycles. The van der Waals surface area contributed by atoms with Gasteiger partial charge in [-0.15, -0.1) is 0 Å². The number of hydrogen-bond donors (Lipinski definition) is 5. The molecule has 0 spiro atoms. The van der Waals surface area contributed by atoms with E-state index < -0.39 is 6.04 Å². The number of amides is 1. The zero-order chi connectivity index (χ0) is 18.5. The molecule has 0 bridgehead atoms. The Hall–Kier alpha value is -2.68. The Balaban J connectivity index is 1.63. The van der Waals surface area contributed by atoms with E-state index in [0.717, 1.165) is 16.8 Å². The summed E-state index contributed by atoms with van der Waals surface area (Å²) < 4.78 is 18.3. The molecule has 0 saturated carbocycles. The van der Waals surface area contributed by atoms with Crippen LogP contribution in [0, 0.1) is 12.7 Å². The van der Waals surface area contributed by atoms with Gasteiger partial charge in [0.15, 0.2) is 0 Å². The number of carbonyl (C=O) groups is 1. The first-order valence-electron chi connectivity index (χ1n) is 8.26. The first kappa shape index (κ1) is 18.1. The fourth-order valence-electron chi connectivity index (χ4n) is 2.70. The Morgan fingerprint density at radius 2 is 1.96 bits per heavy atom. The predicted octanol–water partition coefficient (Wildman–Crippen LogP) is 1.18. The molecular formula is C18H22FN5O2. The predicted molar refractivity (Wildman–Crippen MR) is 96.6 cm³/mol. The van der Waals surface area contributed by atoms with Crippen LogP contribution >= 0.6 is 0 Å². The van der Waals surface area contributed by atoms with Crippen molar-refractivity contribution in [3.63, 3.8) is 0 Å². The number of hydrazine groups is 2. The first-order chi connectivity index (χ1) is 12.6. The molecule has 0 aliphatic carbocycles. The van der Waals surface area contributed by atoms with Crippen molar-refractivity contribution in [3.8, 4) is 5.75 Å². The SMILES string of the molecule is COc1ccc(C)cc1NC1NNNC1C(=O)NCc1ccc(F)cc1. The summed E-state index contributed by atoms with van der Waals surface area (Å²) >= 11 is 0. The van der Waals surface area contributed by atoms with Crippen molar-refractivity contribution < 1.29 is 13.9 Å². The highest BCUT2D eigenvalue weighted by molar-refractivity contribution is 5.83. The normalized spacial score (nSPS) is 19.2. The van der Waals surface area contributed by atoms with Crippen LogP contribution in [0.4, 0.5) is 10.1 Å². The van der Waals surface area contributed by atoms with Crippen molar-refractivity contribution in [1.29, 1.82) is 0 Å². The van der Waals surface area contributed by atoms with Crippen LogP contribution in [0.15, 0.2) is 42.5 Å². The maximum atomic E-state index is 12.9. The molecule has 1 heterocycles. The van der Waals surface area contributed by atoms with Gasteiger partial charge >= 0.3 is 0 Å². The lowest BCUT2D eigenvalue weighted by Crippen LogP contribution is -2.50. The van der Waals surface area contributed by atoms with Gasteiger partial charge in [-0.2, -0.15) is 5.53 Å². The second-order valence-corrected chi connectivity index (χ2v) is 6.06. The quantitative estimate of drug-likeness (QED) is 0.533. The highest BCUT2D eigenvalue weighted by atomic mass is 19.1. The lowest BCUT2D eigenvalue weighted by molar-refractivity contribution is -0.123. The van der Waals surface area contributed by atoms with Gasteiger partial charge in [0.05, 0.1) is 12.8 Å². The molecule has 5 N–H and O–H groups in total. The van der Waals surface area contributed by atoms with E-state index in [1.165, 1.54) is 12.1 Å². The summed E-state index contributed by atoms with van der Waals surface area (Å²) in [5.41, 5.74) is 11.3. The van der Waals surface area contributed by atoms with Gasteiger partial charge in [0.25, 0.3) is 0 Å². The molecule has 7 nitrogen and oxygen atoms in total. The van der Waals surface area contributed by atoms with Crippen molar-refractivity contribution in [1.82, 2.24) is 21.7 Å². The summed E-state index contributed by atoms with van der Waals surface area (Å²) in [4.78, 5) is 12.5. The third-order valence-electron chi connectivity index (χ3n) is 4.12. The van der Waals surface area contributed by atoms with Crippen LogP contribution in [-0.4, -0.2) is 25.2 Å². The number of hydrogen-bond acceptors (Lipinski definition) is 6. The highest BCUT2D eigenvalue weighted by Gasteiger charge is 2.33. The molecule has 1 amide bonds. The molecule has 2 aromatic rings. The first-order valence-corrected chi connectivity index (χ1v) is 8.26. The molecule has 2 unspecified atom stereocenters. The van der Waals surface area contributed by atoms with Gasteiger partial charge in [0.2, 0.25) is 5.91 Å². The number of methoxy groups -OCH3 is 1. The highest BCUT2D eigenvalue weighted by Crippen LogP contribution is 2.26. The molecule has 0 radical (unpaired) electrons. The van der Waals surface area contributed by atoms with Crippen LogP contribution in [0.5, 0.6) is 5.75 Å². The van der Waals surface area contributed by atoms with Crippen LogP contribution in [-0.2, 0) is 11.3 Å². The third-order valence-corrected chi connectivity index (χ3v) is 4.12. The molecule has 26 heavy (non-hydrogen) atoms. The molecule has 0 aromatic heterocycles. The van der Waals surface area contributed by atoms with Crippen molar-refractivity contribution in [3.05, 3.63) is 59.4 Å². The van der Waals surface area contributed by atoms with Crippen molar-refractivity contribution in [2.45, 2.75) is 25.7 Å². The molecule has 3 rings (SSSR count). The number of benzene rings is 2. The average Bonchev–Trinajstić information content (AvgIpc) is 3.09. The summed E-state index contributed by atoms with van der Waals surface area (Å²) in [6, 6.07) is 11.2. The maximum absolute atomic E-state index is 12.9. The summed E-state index contributed by atoms with van der Waals surface area (Å²) in [6.45, 7) is 2.30. The summed E-state index contributed by atoms with van der Waals surface area (Å²) in [5, 5.41) is 6.11. The molecule has 1 saturated heterocycles. The Labute approximate surface area is 151 Å². The van der Waals surface area contributed by atoms with Crippen LogP contribution in [0.2, 0.25) is 0 Å². The van der Waals surface area contributed by atoms with Gasteiger partial charge in [-0.05, 0) is 42.3 Å². The molecule has 8 heteroatoms. The van der Waals surface area contributed by atoms with E-state index >= 15 is 0 Å². The van der Waals surface area contributed by atoms with Crippen molar-refractivity contribution in [2.75, 3.05) is 12.4 Å². The van der Waals surface area contributed by atoms with E-state index in [1.54, 1.807) is 19.2 Å². The minimum atomic E-state index is -0.555. The summed E-state index contributed by atoms with van der Waals surface area (Å²) in [7, 11) is 1.60. The molecule has 2 atom stereocenters. The van der Waals surface area contributed by atoms with E-state index in [2.05, 4.69) is 27.0 Å². The smallest absolute Gasteiger partial charge is 0.242 e. The van der Waals surface area contributed by atoms with Gasteiger partial charge in [-0.25, -0.2) is 15.2 Å². The van der Waals surface area contributed by atoms with E-state index in [4.69, 9.17) is 4.74 Å². The molecule has 1 aliphatic rings. The van der Waals surface area contributed by atoms with E-state index in [0.29, 0.717) is 12.3 Å². The van der Waals surface area contributed by atoms with E-state index in [1.807, 2.05) is 25.1 Å². The molecular weight excluding hydrogens is 337 g/mol. The minimum absolute atomic E-state index is 0.198. The van der Waals surface area contributed by atoms with E-state index in [-0.39, 0.29) is 17.9 Å². The lowest BCUT2D eigenvalue weighted by Gasteiger charge is -2.21. The van der Waals surface area contributed by atoms with E-state index in [9.17, 15) is 9.18 Å². The molecule has 138 valence electrons. The minimum Gasteiger partial charge on any atom is -0.495 e. The monoisotopic (exact) mass is 359 g/mol. The van der Waals surface area contributed by atoms with Crippen LogP contribution in [0.1, 0.15) is 11.1 Å². The van der Waals surface area contributed by atoms with Crippen molar-refractivity contribution >= 4 is 11.6 Å². The summed E-state index contributed by atoms with van der Waals surface area (Å²) in [5.74, 6) is 0.188. The largest absolute Gasteiger partial charge is 0.495 e. The average molecular weight is 359 g/mol. The number of ether oxygens (including phenoxy) is 1. The number of halogens is 1. The Bertz CT molecular complexity index is 769. The van der Waals surface area contributed by atoms with Gasteiger partial charge in [-0.3, -0.25) is 4.79 Å². The second-order valence-electron chi connectivity index (χ2n) is 6.06. The van der Waals surface area contributed by atoms with Crippen LogP contribution < -0.4 is 31.8 Å². The fourth-order valence-corrected chi connectivity index (χ4v) is 2.70.